The van der Waals surface area contributed by atoms with E-state index in [2.05, 4.69) is 20.7 Å². The van der Waals surface area contributed by atoms with Crippen LogP contribution >= 0.6 is 0 Å². The van der Waals surface area contributed by atoms with E-state index in [9.17, 15) is 9.59 Å². The van der Waals surface area contributed by atoms with Gasteiger partial charge in [0.1, 0.15) is 0 Å². The number of H-pyrrole nitrogens is 1. The molecule has 2 N–H and O–H groups in total. The highest BCUT2D eigenvalue weighted by Gasteiger charge is 2.33. The van der Waals surface area contributed by atoms with Gasteiger partial charge in [0.05, 0.1) is 17.8 Å². The van der Waals surface area contributed by atoms with Crippen molar-refractivity contribution in [3.05, 3.63) is 41.7 Å². The molecule has 2 aromatic rings. The SMILES string of the molecule is CN1C(=O)CC(C(=O)NCCc2cn[nH]n2)c2ccccc21. The van der Waals surface area contributed by atoms with Crippen LogP contribution in [0, 0.1) is 0 Å². The Hall–Kier alpha value is -2.70. The molecule has 2 amide bonds. The van der Waals surface area contributed by atoms with E-state index in [-0.39, 0.29) is 18.2 Å². The van der Waals surface area contributed by atoms with Crippen molar-refractivity contribution in [3.8, 4) is 0 Å². The first-order valence-corrected chi connectivity index (χ1v) is 7.14. The second kappa shape index (κ2) is 5.97. The normalized spacial score (nSPS) is 17.2. The fourth-order valence-electron chi connectivity index (χ4n) is 2.66. The second-order valence-electron chi connectivity index (χ2n) is 5.27. The van der Waals surface area contributed by atoms with Crippen molar-refractivity contribution in [3.63, 3.8) is 0 Å². The van der Waals surface area contributed by atoms with Crippen LogP contribution in [0.3, 0.4) is 0 Å². The van der Waals surface area contributed by atoms with Gasteiger partial charge in [0, 0.05) is 32.1 Å². The van der Waals surface area contributed by atoms with Crippen molar-refractivity contribution in [1.82, 2.24) is 20.7 Å². The quantitative estimate of drug-likeness (QED) is 0.865. The molecule has 1 atom stereocenters. The van der Waals surface area contributed by atoms with E-state index in [1.54, 1.807) is 18.1 Å². The maximum atomic E-state index is 12.4. The zero-order valence-electron chi connectivity index (χ0n) is 12.2. The van der Waals surface area contributed by atoms with Gasteiger partial charge in [-0.15, -0.1) is 0 Å². The van der Waals surface area contributed by atoms with Crippen LogP contribution in [0.1, 0.15) is 23.6 Å². The number of aromatic nitrogens is 3. The monoisotopic (exact) mass is 299 g/mol. The van der Waals surface area contributed by atoms with Crippen molar-refractivity contribution in [2.24, 2.45) is 0 Å². The lowest BCUT2D eigenvalue weighted by molar-refractivity contribution is -0.127. The Balaban J connectivity index is 1.69. The van der Waals surface area contributed by atoms with Crippen LogP contribution in [0.4, 0.5) is 5.69 Å². The molecule has 22 heavy (non-hydrogen) atoms. The molecule has 0 saturated carbocycles. The van der Waals surface area contributed by atoms with Crippen molar-refractivity contribution >= 4 is 17.5 Å². The highest BCUT2D eigenvalue weighted by molar-refractivity contribution is 6.02. The number of nitrogens with one attached hydrogen (secondary N) is 2. The number of anilines is 1. The Bertz CT molecular complexity index is 683. The summed E-state index contributed by atoms with van der Waals surface area (Å²) in [6.45, 7) is 0.466. The molecule has 3 rings (SSSR count). The average Bonchev–Trinajstić information content (AvgIpc) is 3.04. The number of aromatic amines is 1. The molecule has 1 aliphatic rings. The molecule has 0 radical (unpaired) electrons. The van der Waals surface area contributed by atoms with E-state index in [0.29, 0.717) is 13.0 Å². The van der Waals surface area contributed by atoms with Gasteiger partial charge in [-0.3, -0.25) is 9.59 Å². The van der Waals surface area contributed by atoms with Crippen molar-refractivity contribution in [2.45, 2.75) is 18.8 Å². The summed E-state index contributed by atoms with van der Waals surface area (Å²) in [5.41, 5.74) is 2.49. The molecule has 1 aromatic heterocycles. The Morgan fingerprint density at radius 2 is 2.27 bits per heavy atom. The number of carbonyl (C=O) groups is 2. The molecule has 1 unspecified atom stereocenters. The largest absolute Gasteiger partial charge is 0.355 e. The number of benzene rings is 1. The summed E-state index contributed by atoms with van der Waals surface area (Å²) in [6.07, 6.45) is 2.42. The van der Waals surface area contributed by atoms with Gasteiger partial charge in [0.15, 0.2) is 0 Å². The predicted molar refractivity (Wildman–Crippen MR) is 80.3 cm³/mol. The molecular formula is C15H17N5O2. The molecule has 2 heterocycles. The predicted octanol–water partition coefficient (Wildman–Crippen LogP) is 0.614. The Morgan fingerprint density at radius 1 is 1.45 bits per heavy atom. The number of hydrogen-bond donors (Lipinski definition) is 2. The van der Waals surface area contributed by atoms with Crippen LogP contribution in [0.2, 0.25) is 0 Å². The Morgan fingerprint density at radius 3 is 3.05 bits per heavy atom. The fourth-order valence-corrected chi connectivity index (χ4v) is 2.66. The van der Waals surface area contributed by atoms with Gasteiger partial charge in [-0.05, 0) is 11.6 Å². The minimum atomic E-state index is -0.433. The molecule has 1 aromatic carbocycles. The second-order valence-corrected chi connectivity index (χ2v) is 5.27. The van der Waals surface area contributed by atoms with Gasteiger partial charge in [-0.25, -0.2) is 0 Å². The van der Waals surface area contributed by atoms with Crippen LogP contribution < -0.4 is 10.2 Å². The van der Waals surface area contributed by atoms with Crippen LogP contribution in [0.5, 0.6) is 0 Å². The molecule has 0 bridgehead atoms. The van der Waals surface area contributed by atoms with Crippen molar-refractivity contribution in [1.29, 1.82) is 0 Å². The third-order valence-electron chi connectivity index (χ3n) is 3.89. The summed E-state index contributed by atoms with van der Waals surface area (Å²) in [7, 11) is 1.74. The maximum Gasteiger partial charge on any atom is 0.228 e. The first-order chi connectivity index (χ1) is 10.7. The van der Waals surface area contributed by atoms with E-state index in [0.717, 1.165) is 16.9 Å². The van der Waals surface area contributed by atoms with Crippen LogP contribution in [-0.2, 0) is 16.0 Å². The summed E-state index contributed by atoms with van der Waals surface area (Å²) in [5.74, 6) is -0.607. The van der Waals surface area contributed by atoms with Gasteiger partial charge in [0.2, 0.25) is 11.8 Å². The molecule has 0 aliphatic carbocycles. The van der Waals surface area contributed by atoms with E-state index >= 15 is 0 Å². The molecule has 114 valence electrons. The summed E-state index contributed by atoms with van der Waals surface area (Å²) in [4.78, 5) is 26.1. The van der Waals surface area contributed by atoms with Gasteiger partial charge in [0.25, 0.3) is 0 Å². The number of rotatable bonds is 4. The first kappa shape index (κ1) is 14.2. The lowest BCUT2D eigenvalue weighted by Crippen LogP contribution is -2.39. The summed E-state index contributed by atoms with van der Waals surface area (Å²) >= 11 is 0. The molecule has 1 aliphatic heterocycles. The van der Waals surface area contributed by atoms with Gasteiger partial charge in [-0.2, -0.15) is 15.4 Å². The minimum Gasteiger partial charge on any atom is -0.355 e. The highest BCUT2D eigenvalue weighted by atomic mass is 16.2. The zero-order chi connectivity index (χ0) is 15.5. The highest BCUT2D eigenvalue weighted by Crippen LogP contribution is 2.34. The topological polar surface area (TPSA) is 91.0 Å². The Kier molecular flexibility index (Phi) is 3.86. The van der Waals surface area contributed by atoms with E-state index in [1.165, 1.54) is 0 Å². The molecule has 0 fully saturated rings. The summed E-state index contributed by atoms with van der Waals surface area (Å²) in [6, 6.07) is 7.52. The number of fused-ring (bicyclic) bond motifs is 1. The summed E-state index contributed by atoms with van der Waals surface area (Å²) < 4.78 is 0. The molecule has 7 nitrogen and oxygen atoms in total. The van der Waals surface area contributed by atoms with E-state index < -0.39 is 5.92 Å². The zero-order valence-corrected chi connectivity index (χ0v) is 12.2. The number of para-hydroxylation sites is 1. The van der Waals surface area contributed by atoms with Gasteiger partial charge in [-0.1, -0.05) is 18.2 Å². The first-order valence-electron chi connectivity index (χ1n) is 7.14. The van der Waals surface area contributed by atoms with Crippen LogP contribution in [0.15, 0.2) is 30.5 Å². The average molecular weight is 299 g/mol. The van der Waals surface area contributed by atoms with E-state index in [1.807, 2.05) is 24.3 Å². The maximum absolute atomic E-state index is 12.4. The van der Waals surface area contributed by atoms with Crippen LogP contribution in [0.25, 0.3) is 0 Å². The van der Waals surface area contributed by atoms with Gasteiger partial charge >= 0.3 is 0 Å². The minimum absolute atomic E-state index is 0.0460. The smallest absolute Gasteiger partial charge is 0.228 e. The lowest BCUT2D eigenvalue weighted by Gasteiger charge is -2.30. The van der Waals surface area contributed by atoms with Crippen LogP contribution in [-0.4, -0.2) is 40.8 Å². The van der Waals surface area contributed by atoms with E-state index in [4.69, 9.17) is 0 Å². The number of amides is 2. The third kappa shape index (κ3) is 2.69. The lowest BCUT2D eigenvalue weighted by atomic mass is 9.89. The molecule has 0 spiro atoms. The fraction of sp³-hybridized carbons (Fsp3) is 0.333. The number of nitrogens with zero attached hydrogens (tertiary/aromatic N) is 3. The third-order valence-corrected chi connectivity index (χ3v) is 3.89. The molecule has 0 saturated heterocycles. The summed E-state index contributed by atoms with van der Waals surface area (Å²) in [5, 5.41) is 13.1. The standard InChI is InChI=1S/C15H17N5O2/c1-20-13-5-3-2-4-11(13)12(8-14(20)21)15(22)16-7-6-10-9-17-19-18-10/h2-5,9,12H,6-8H2,1H3,(H,16,22)(H,17,18,19). The number of carbonyl (C=O) groups excluding carboxylic acids is 2. The number of hydrogen-bond acceptors (Lipinski definition) is 4. The Labute approximate surface area is 127 Å². The van der Waals surface area contributed by atoms with Crippen molar-refractivity contribution in [2.75, 3.05) is 18.5 Å². The molecule has 7 heteroatoms. The van der Waals surface area contributed by atoms with Crippen molar-refractivity contribution < 1.29 is 9.59 Å². The van der Waals surface area contributed by atoms with Gasteiger partial charge < -0.3 is 10.2 Å². The molecular weight excluding hydrogens is 282 g/mol.